The van der Waals surface area contributed by atoms with E-state index in [0.29, 0.717) is 24.7 Å². The van der Waals surface area contributed by atoms with E-state index in [-0.39, 0.29) is 17.3 Å². The van der Waals surface area contributed by atoms with Crippen molar-refractivity contribution in [1.29, 1.82) is 0 Å². The van der Waals surface area contributed by atoms with Crippen molar-refractivity contribution in [2.24, 2.45) is 5.41 Å². The van der Waals surface area contributed by atoms with E-state index in [0.717, 1.165) is 43.6 Å². The first-order chi connectivity index (χ1) is 16.5. The monoisotopic (exact) mass is 465 g/mol. The summed E-state index contributed by atoms with van der Waals surface area (Å²) in [5.41, 5.74) is 1.14. The van der Waals surface area contributed by atoms with E-state index >= 15 is 0 Å². The van der Waals surface area contributed by atoms with Crippen molar-refractivity contribution >= 4 is 11.7 Å². The average Bonchev–Trinajstić information content (AvgIpc) is 3.50. The van der Waals surface area contributed by atoms with Crippen LogP contribution >= 0.6 is 0 Å². The Morgan fingerprint density at radius 2 is 1.91 bits per heavy atom. The highest BCUT2D eigenvalue weighted by Gasteiger charge is 2.49. The van der Waals surface area contributed by atoms with Gasteiger partial charge >= 0.3 is 6.01 Å². The number of aryl methyl sites for hydroxylation is 1. The molecule has 2 aliphatic heterocycles. The third kappa shape index (κ3) is 4.10. The molecule has 3 aromatic rings. The molecule has 0 radical (unpaired) electrons. The van der Waals surface area contributed by atoms with Crippen LogP contribution in [0, 0.1) is 12.3 Å². The lowest BCUT2D eigenvalue weighted by molar-refractivity contribution is -0.128. The molecule has 0 aliphatic carbocycles. The van der Waals surface area contributed by atoms with Crippen molar-refractivity contribution < 1.29 is 14.6 Å². The highest BCUT2D eigenvalue weighted by molar-refractivity contribution is 5.99. The van der Waals surface area contributed by atoms with Crippen molar-refractivity contribution in [3.8, 4) is 11.8 Å². The van der Waals surface area contributed by atoms with Gasteiger partial charge in [-0.15, -0.1) is 5.10 Å². The fourth-order valence-electron chi connectivity index (χ4n) is 4.89. The number of aliphatic hydroxyl groups excluding tert-OH is 1. The van der Waals surface area contributed by atoms with Gasteiger partial charge < -0.3 is 14.7 Å². The zero-order chi connectivity index (χ0) is 23.7. The van der Waals surface area contributed by atoms with E-state index < -0.39 is 6.10 Å². The van der Waals surface area contributed by atoms with E-state index in [2.05, 4.69) is 35.4 Å². The fraction of sp³-hybridized carbons (Fsp3) is 0.500. The molecule has 12 nitrogen and oxygen atoms in total. The van der Waals surface area contributed by atoms with Crippen LogP contribution in [0.25, 0.3) is 5.82 Å². The van der Waals surface area contributed by atoms with Crippen LogP contribution in [0.2, 0.25) is 0 Å². The number of pyridine rings is 1. The molecular weight excluding hydrogens is 438 g/mol. The summed E-state index contributed by atoms with van der Waals surface area (Å²) < 4.78 is 6.58. The summed E-state index contributed by atoms with van der Waals surface area (Å²) in [5.74, 6) is 1.30. The number of anilines is 1. The number of carbonyl (C=O) groups is 1. The molecule has 0 unspecified atom stereocenters. The number of rotatable bonds is 6. The third-order valence-corrected chi connectivity index (χ3v) is 6.89. The van der Waals surface area contributed by atoms with Gasteiger partial charge in [0.25, 0.3) is 0 Å². The maximum absolute atomic E-state index is 13.3. The molecule has 2 aliphatic rings. The summed E-state index contributed by atoms with van der Waals surface area (Å²) in [5, 5.41) is 22.0. The molecule has 2 fully saturated rings. The zero-order valence-corrected chi connectivity index (χ0v) is 19.2. The van der Waals surface area contributed by atoms with Crippen molar-refractivity contribution in [3.63, 3.8) is 0 Å². The predicted octanol–water partition coefficient (Wildman–Crippen LogP) is 0.717. The lowest BCUT2D eigenvalue weighted by atomic mass is 9.77. The molecule has 2 saturated heterocycles. The highest BCUT2D eigenvalue weighted by Crippen LogP contribution is 2.43. The number of amides is 1. The van der Waals surface area contributed by atoms with Crippen LogP contribution in [0.5, 0.6) is 6.01 Å². The number of carbonyl (C=O) groups excluding carboxylic acids is 1. The SMILES string of the molecule is COc1nccc(N2CCC3(CCN(C[C@H](O)c4ccc(-n5cnnn5)nc4C)CC3)C2=O)n1. The number of β-amino-alcohol motifs (C(OH)–C–C–N with tert-alkyl or cyclic N) is 1. The molecule has 0 aromatic carbocycles. The minimum atomic E-state index is -0.672. The Bertz CT molecular complexity index is 1160. The average molecular weight is 466 g/mol. The molecule has 12 heteroatoms. The number of tetrazole rings is 1. The number of methoxy groups -OCH3 is 1. The smallest absolute Gasteiger partial charge is 0.318 e. The minimum absolute atomic E-state index is 0.117. The van der Waals surface area contributed by atoms with Crippen molar-refractivity contribution in [3.05, 3.63) is 42.0 Å². The second-order valence-corrected chi connectivity index (χ2v) is 8.80. The van der Waals surface area contributed by atoms with Crippen LogP contribution < -0.4 is 9.64 Å². The Morgan fingerprint density at radius 1 is 1.12 bits per heavy atom. The molecule has 178 valence electrons. The summed E-state index contributed by atoms with van der Waals surface area (Å²) in [7, 11) is 1.51. The molecular formula is C22H27N9O3. The first-order valence-electron chi connectivity index (χ1n) is 11.3. The number of piperidine rings is 1. The van der Waals surface area contributed by atoms with Gasteiger partial charge in [0.15, 0.2) is 5.82 Å². The summed E-state index contributed by atoms with van der Waals surface area (Å²) in [6, 6.07) is 5.65. The topological polar surface area (TPSA) is 135 Å². The van der Waals surface area contributed by atoms with Gasteiger partial charge in [0.05, 0.1) is 18.6 Å². The standard InChI is InChI=1S/C22H27N9O3/c1-15-16(3-4-19(25-15)31-14-24-27-28-31)17(32)13-29-10-6-22(7-11-29)8-12-30(20(22)33)18-5-9-23-21(26-18)34-2/h3-5,9,14,17,32H,6-8,10-13H2,1-2H3/t17-/m0/s1. The third-order valence-electron chi connectivity index (χ3n) is 6.89. The summed E-state index contributed by atoms with van der Waals surface area (Å²) in [6.07, 6.45) is 4.73. The lowest BCUT2D eigenvalue weighted by Crippen LogP contribution is -2.45. The summed E-state index contributed by atoms with van der Waals surface area (Å²) in [4.78, 5) is 30.2. The first kappa shape index (κ1) is 22.3. The normalized spacial score (nSPS) is 19.0. The second kappa shape index (κ2) is 9.03. The van der Waals surface area contributed by atoms with E-state index in [1.165, 1.54) is 18.1 Å². The lowest BCUT2D eigenvalue weighted by Gasteiger charge is -2.38. The molecule has 0 saturated carbocycles. The van der Waals surface area contributed by atoms with Crippen LogP contribution in [-0.4, -0.2) is 84.4 Å². The predicted molar refractivity (Wildman–Crippen MR) is 120 cm³/mol. The molecule has 1 atom stereocenters. The van der Waals surface area contributed by atoms with Crippen molar-refractivity contribution in [1.82, 2.24) is 40.1 Å². The number of hydrogen-bond donors (Lipinski definition) is 1. The van der Waals surface area contributed by atoms with Crippen molar-refractivity contribution in [2.75, 3.05) is 38.2 Å². The number of hydrogen-bond acceptors (Lipinski definition) is 10. The van der Waals surface area contributed by atoms with Crippen LogP contribution in [0.4, 0.5) is 5.82 Å². The largest absolute Gasteiger partial charge is 0.467 e. The van der Waals surface area contributed by atoms with Crippen LogP contribution in [0.1, 0.15) is 36.6 Å². The number of likely N-dealkylation sites (tertiary alicyclic amines) is 1. The second-order valence-electron chi connectivity index (χ2n) is 8.80. The summed E-state index contributed by atoms with van der Waals surface area (Å²) in [6.45, 7) is 4.49. The van der Waals surface area contributed by atoms with Gasteiger partial charge in [0, 0.05) is 30.5 Å². The molecule has 3 aromatic heterocycles. The molecule has 1 spiro atoms. The molecule has 34 heavy (non-hydrogen) atoms. The van der Waals surface area contributed by atoms with Gasteiger partial charge in [0.1, 0.15) is 12.1 Å². The number of aromatic nitrogens is 7. The van der Waals surface area contributed by atoms with Crippen LogP contribution in [0.3, 0.4) is 0 Å². The molecule has 0 bridgehead atoms. The Morgan fingerprint density at radius 3 is 2.62 bits per heavy atom. The maximum Gasteiger partial charge on any atom is 0.318 e. The summed E-state index contributed by atoms with van der Waals surface area (Å²) >= 11 is 0. The van der Waals surface area contributed by atoms with E-state index in [4.69, 9.17) is 4.74 Å². The van der Waals surface area contributed by atoms with Gasteiger partial charge in [-0.2, -0.15) is 9.67 Å². The fourth-order valence-corrected chi connectivity index (χ4v) is 4.89. The Kier molecular flexibility index (Phi) is 5.92. The van der Waals surface area contributed by atoms with Gasteiger partial charge in [-0.1, -0.05) is 6.07 Å². The Hall–Kier alpha value is -3.51. The van der Waals surface area contributed by atoms with Crippen LogP contribution in [-0.2, 0) is 4.79 Å². The quantitative estimate of drug-likeness (QED) is 0.554. The van der Waals surface area contributed by atoms with Gasteiger partial charge in [-0.25, -0.2) is 9.97 Å². The highest BCUT2D eigenvalue weighted by atomic mass is 16.5. The molecule has 5 rings (SSSR count). The number of aliphatic hydroxyl groups is 1. The van der Waals surface area contributed by atoms with E-state index in [1.807, 2.05) is 13.0 Å². The van der Waals surface area contributed by atoms with Gasteiger partial charge in [0.2, 0.25) is 5.91 Å². The Labute approximate surface area is 196 Å². The zero-order valence-electron chi connectivity index (χ0n) is 19.2. The first-order valence-corrected chi connectivity index (χ1v) is 11.3. The van der Waals surface area contributed by atoms with Gasteiger partial charge in [-0.05, 0) is 61.8 Å². The van der Waals surface area contributed by atoms with E-state index in [1.54, 1.807) is 23.2 Å². The van der Waals surface area contributed by atoms with E-state index in [9.17, 15) is 9.90 Å². The maximum atomic E-state index is 13.3. The van der Waals surface area contributed by atoms with Crippen molar-refractivity contribution in [2.45, 2.75) is 32.3 Å². The molecule has 5 heterocycles. The number of nitrogens with zero attached hydrogens (tertiary/aromatic N) is 9. The number of ether oxygens (including phenoxy) is 1. The molecule has 1 N–H and O–H groups in total. The Balaban J connectivity index is 1.20. The molecule has 1 amide bonds. The van der Waals surface area contributed by atoms with Gasteiger partial charge in [-0.3, -0.25) is 9.69 Å². The minimum Gasteiger partial charge on any atom is -0.467 e. The van der Waals surface area contributed by atoms with Crippen LogP contribution in [0.15, 0.2) is 30.7 Å².